The van der Waals surface area contributed by atoms with Gasteiger partial charge in [-0.15, -0.1) is 11.8 Å². The van der Waals surface area contributed by atoms with E-state index >= 15 is 0 Å². The van der Waals surface area contributed by atoms with Crippen LogP contribution in [0.4, 0.5) is 5.69 Å². The first-order valence-corrected chi connectivity index (χ1v) is 11.5. The van der Waals surface area contributed by atoms with Gasteiger partial charge in [0.25, 0.3) is 5.91 Å². The summed E-state index contributed by atoms with van der Waals surface area (Å²) in [7, 11) is 0. The monoisotopic (exact) mass is 484 g/mol. The molecule has 2 aromatic heterocycles. The average molecular weight is 485 g/mol. The number of hydrogen-bond donors (Lipinski definition) is 0. The van der Waals surface area contributed by atoms with E-state index in [1.807, 2.05) is 13.0 Å². The minimum Gasteiger partial charge on any atom is -0.461 e. The van der Waals surface area contributed by atoms with Crippen LogP contribution in [-0.2, 0) is 9.53 Å². The summed E-state index contributed by atoms with van der Waals surface area (Å²) in [6.45, 7) is 3.14. The summed E-state index contributed by atoms with van der Waals surface area (Å²) in [5.74, 6) is -0.328. The van der Waals surface area contributed by atoms with Crippen LogP contribution in [-0.4, -0.2) is 41.3 Å². The maximum absolute atomic E-state index is 12.9. The lowest BCUT2D eigenvalue weighted by Gasteiger charge is -2.22. The number of rotatable bonds is 8. The van der Waals surface area contributed by atoms with E-state index in [1.165, 1.54) is 22.9 Å². The van der Waals surface area contributed by atoms with Crippen molar-refractivity contribution >= 4 is 40.9 Å². The fourth-order valence-corrected chi connectivity index (χ4v) is 3.81. The van der Waals surface area contributed by atoms with E-state index in [-0.39, 0.29) is 18.5 Å². The number of nitriles is 1. The van der Waals surface area contributed by atoms with Crippen molar-refractivity contribution in [1.82, 2.24) is 9.97 Å². The Bertz CT molecular complexity index is 1210. The first-order chi connectivity index (χ1) is 15.8. The number of carbonyl (C=O) groups excluding carboxylic acids is 2. The third-order valence-electron chi connectivity index (χ3n) is 4.72. The predicted molar refractivity (Wildman–Crippen MR) is 125 cm³/mol. The van der Waals surface area contributed by atoms with Gasteiger partial charge in [0.15, 0.2) is 18.2 Å². The van der Waals surface area contributed by atoms with Crippen LogP contribution in [0, 0.1) is 25.2 Å². The van der Waals surface area contributed by atoms with Crippen LogP contribution >= 0.6 is 23.4 Å². The van der Waals surface area contributed by atoms with Gasteiger partial charge in [-0.1, -0.05) is 11.6 Å². The van der Waals surface area contributed by atoms with Crippen molar-refractivity contribution in [2.24, 2.45) is 0 Å². The van der Waals surface area contributed by atoms with Gasteiger partial charge in [-0.3, -0.25) is 4.79 Å². The molecule has 10 heteroatoms. The molecule has 1 amide bonds. The van der Waals surface area contributed by atoms with E-state index in [2.05, 4.69) is 9.97 Å². The third-order valence-corrected chi connectivity index (χ3v) is 5.83. The number of ether oxygens (including phenoxy) is 1. The lowest BCUT2D eigenvalue weighted by molar-refractivity contribution is -0.121. The van der Waals surface area contributed by atoms with E-state index in [0.29, 0.717) is 33.0 Å². The van der Waals surface area contributed by atoms with Crippen molar-refractivity contribution in [3.05, 3.63) is 58.4 Å². The second-order valence-electron chi connectivity index (χ2n) is 6.96. The normalized spacial score (nSPS) is 10.5. The fourth-order valence-electron chi connectivity index (χ4n) is 3.08. The smallest absolute Gasteiger partial charge is 0.343 e. The second kappa shape index (κ2) is 11.0. The third kappa shape index (κ3) is 5.72. The predicted octanol–water partition coefficient (Wildman–Crippen LogP) is 4.83. The molecule has 0 aliphatic heterocycles. The molecule has 0 N–H and O–H groups in total. The van der Waals surface area contributed by atoms with Crippen LogP contribution in [0.3, 0.4) is 0 Å². The highest BCUT2D eigenvalue weighted by Gasteiger charge is 2.24. The number of thioether (sulfide) groups is 1. The Balaban J connectivity index is 1.78. The molecule has 0 aliphatic rings. The van der Waals surface area contributed by atoms with E-state index in [4.69, 9.17) is 26.0 Å². The molecular weight excluding hydrogens is 464 g/mol. The molecule has 0 spiro atoms. The molecule has 0 fully saturated rings. The Labute approximate surface area is 200 Å². The highest BCUT2D eigenvalue weighted by Crippen LogP contribution is 2.26. The molecule has 8 nitrogen and oxygen atoms in total. The maximum Gasteiger partial charge on any atom is 0.343 e. The Morgan fingerprint density at radius 2 is 2.06 bits per heavy atom. The van der Waals surface area contributed by atoms with E-state index in [0.717, 1.165) is 5.56 Å². The Morgan fingerprint density at radius 1 is 1.27 bits per heavy atom. The largest absolute Gasteiger partial charge is 0.461 e. The highest BCUT2D eigenvalue weighted by atomic mass is 35.5. The number of amides is 1. The molecule has 0 atom stereocenters. The molecule has 170 valence electrons. The van der Waals surface area contributed by atoms with E-state index in [9.17, 15) is 9.59 Å². The lowest BCUT2D eigenvalue weighted by atomic mass is 10.2. The van der Waals surface area contributed by atoms with Crippen LogP contribution in [0.1, 0.15) is 28.0 Å². The quantitative estimate of drug-likeness (QED) is 0.254. The first kappa shape index (κ1) is 24.3. The summed E-state index contributed by atoms with van der Waals surface area (Å²) < 4.78 is 10.7. The summed E-state index contributed by atoms with van der Waals surface area (Å²) in [6, 6.07) is 10.6. The van der Waals surface area contributed by atoms with Crippen molar-refractivity contribution < 1.29 is 18.7 Å². The van der Waals surface area contributed by atoms with Crippen molar-refractivity contribution in [1.29, 1.82) is 5.26 Å². The van der Waals surface area contributed by atoms with Crippen molar-refractivity contribution in [3.63, 3.8) is 0 Å². The van der Waals surface area contributed by atoms with Crippen LogP contribution in [0.25, 0.3) is 11.6 Å². The molecule has 0 aliphatic carbocycles. The molecule has 33 heavy (non-hydrogen) atoms. The molecule has 0 saturated carbocycles. The molecule has 1 aromatic carbocycles. The zero-order valence-corrected chi connectivity index (χ0v) is 19.9. The molecule has 0 saturated heterocycles. The van der Waals surface area contributed by atoms with Gasteiger partial charge in [0.2, 0.25) is 0 Å². The molecule has 3 rings (SSSR count). The van der Waals surface area contributed by atoms with Crippen molar-refractivity contribution in [2.75, 3.05) is 24.3 Å². The summed E-state index contributed by atoms with van der Waals surface area (Å²) >= 11 is 7.35. The molecule has 2 heterocycles. The van der Waals surface area contributed by atoms with Gasteiger partial charge < -0.3 is 14.1 Å². The van der Waals surface area contributed by atoms with Gasteiger partial charge in [-0.25, -0.2) is 14.8 Å². The highest BCUT2D eigenvalue weighted by molar-refractivity contribution is 7.98. The van der Waals surface area contributed by atoms with Gasteiger partial charge in [0.05, 0.1) is 24.4 Å². The Morgan fingerprint density at radius 3 is 2.70 bits per heavy atom. The second-order valence-corrected chi connectivity index (χ2v) is 8.16. The van der Waals surface area contributed by atoms with Crippen molar-refractivity contribution in [2.45, 2.75) is 25.3 Å². The molecule has 0 radical (unpaired) electrons. The van der Waals surface area contributed by atoms with Crippen LogP contribution in [0.2, 0.25) is 5.02 Å². The first-order valence-electron chi connectivity index (χ1n) is 9.92. The fraction of sp³-hybridized carbons (Fsp3) is 0.261. The van der Waals surface area contributed by atoms with Crippen LogP contribution in [0.15, 0.2) is 46.0 Å². The lowest BCUT2D eigenvalue weighted by Crippen LogP contribution is -2.35. The molecule has 0 bridgehead atoms. The SMILES string of the molecule is CSc1nc(-c2ccco2)nc(C)c1C(=O)OCC(=O)N(CCC#N)c1ccc(Cl)c(C)c1. The van der Waals surface area contributed by atoms with Gasteiger partial charge in [-0.05, 0) is 56.0 Å². The topological polar surface area (TPSA) is 109 Å². The Kier molecular flexibility index (Phi) is 8.09. The summed E-state index contributed by atoms with van der Waals surface area (Å²) in [6.07, 6.45) is 3.42. The number of nitrogens with zero attached hydrogens (tertiary/aromatic N) is 4. The van der Waals surface area contributed by atoms with Crippen LogP contribution in [0.5, 0.6) is 0 Å². The molecular formula is C23H21ClN4O4S. The van der Waals surface area contributed by atoms with E-state index < -0.39 is 18.5 Å². The standard InChI is InChI=1S/C23H21ClN4O4S/c1-14-12-16(7-8-17(14)24)28(10-5-9-25)19(29)13-32-23(30)20-15(2)26-21(27-22(20)33-3)18-6-4-11-31-18/h4,6-8,11-12H,5,10,13H2,1-3H3. The number of benzene rings is 1. The Hall–Kier alpha value is -3.35. The number of aromatic nitrogens is 2. The van der Waals surface area contributed by atoms with Gasteiger partial charge in [0.1, 0.15) is 10.6 Å². The average Bonchev–Trinajstić information content (AvgIpc) is 3.34. The number of hydrogen-bond acceptors (Lipinski definition) is 8. The minimum absolute atomic E-state index is 0.124. The van der Waals surface area contributed by atoms with Gasteiger partial charge in [0, 0.05) is 17.3 Å². The number of carbonyl (C=O) groups is 2. The molecule has 0 unspecified atom stereocenters. The van der Waals surface area contributed by atoms with Gasteiger partial charge >= 0.3 is 5.97 Å². The maximum atomic E-state index is 12.9. The number of halogens is 1. The van der Waals surface area contributed by atoms with E-state index in [1.54, 1.807) is 43.5 Å². The number of aryl methyl sites for hydroxylation is 2. The van der Waals surface area contributed by atoms with Crippen molar-refractivity contribution in [3.8, 4) is 17.7 Å². The van der Waals surface area contributed by atoms with Crippen LogP contribution < -0.4 is 4.90 Å². The molecule has 3 aromatic rings. The zero-order valence-electron chi connectivity index (χ0n) is 18.3. The summed E-state index contributed by atoms with van der Waals surface area (Å²) in [5, 5.41) is 9.95. The summed E-state index contributed by atoms with van der Waals surface area (Å²) in [5.41, 5.74) is 1.96. The van der Waals surface area contributed by atoms with Gasteiger partial charge in [-0.2, -0.15) is 5.26 Å². The number of furan rings is 1. The number of esters is 1. The number of anilines is 1. The minimum atomic E-state index is -0.705. The zero-order chi connectivity index (χ0) is 24.0. The summed E-state index contributed by atoms with van der Waals surface area (Å²) in [4.78, 5) is 35.9.